The van der Waals surface area contributed by atoms with Gasteiger partial charge in [-0.15, -0.1) is 0 Å². The second-order valence-corrected chi connectivity index (χ2v) is 5.75. The number of likely N-dealkylation sites (N-methyl/N-ethyl adjacent to an activating group) is 1. The van der Waals surface area contributed by atoms with Crippen LogP contribution >= 0.6 is 0 Å². The number of nitrogens with zero attached hydrogens (tertiary/aromatic N) is 4. The number of rotatable bonds is 1. The van der Waals surface area contributed by atoms with Gasteiger partial charge in [0.15, 0.2) is 0 Å². The van der Waals surface area contributed by atoms with Gasteiger partial charge < -0.3 is 9.80 Å². The van der Waals surface area contributed by atoms with E-state index in [1.165, 1.54) is 0 Å². The van der Waals surface area contributed by atoms with Gasteiger partial charge in [-0.05, 0) is 12.5 Å². The average Bonchev–Trinajstić information content (AvgIpc) is 2.25. The molecule has 17 heavy (non-hydrogen) atoms. The summed E-state index contributed by atoms with van der Waals surface area (Å²) in [6.07, 6.45) is 1.89. The molecule has 0 aliphatic carbocycles. The van der Waals surface area contributed by atoms with Crippen LogP contribution in [-0.2, 0) is 0 Å². The van der Waals surface area contributed by atoms with Crippen molar-refractivity contribution >= 4 is 12.2 Å². The lowest BCUT2D eigenvalue weighted by Crippen LogP contribution is -2.50. The number of nitrogens with one attached hydrogen (secondary N) is 1. The normalized spacial score (nSPS) is 18.8. The number of hydrazone groups is 1. The monoisotopic (exact) mass is 239 g/mol. The van der Waals surface area contributed by atoms with Crippen molar-refractivity contribution in [2.24, 2.45) is 10.5 Å². The first-order valence-electron chi connectivity index (χ1n) is 6.10. The van der Waals surface area contributed by atoms with Crippen molar-refractivity contribution in [2.45, 2.75) is 20.8 Å². The third kappa shape index (κ3) is 4.73. The molecule has 0 spiro atoms. The molecule has 0 aromatic heterocycles. The van der Waals surface area contributed by atoms with Crippen molar-refractivity contribution in [3.8, 4) is 0 Å². The highest BCUT2D eigenvalue weighted by Gasteiger charge is 2.19. The Morgan fingerprint density at radius 3 is 2.24 bits per heavy atom. The van der Waals surface area contributed by atoms with Crippen LogP contribution in [-0.4, -0.2) is 67.3 Å². The summed E-state index contributed by atoms with van der Waals surface area (Å²) in [7, 11) is 3.95. The highest BCUT2D eigenvalue weighted by Crippen LogP contribution is 2.09. The van der Waals surface area contributed by atoms with Crippen LogP contribution in [0.1, 0.15) is 20.8 Å². The maximum Gasteiger partial charge on any atom is 0.214 e. The summed E-state index contributed by atoms with van der Waals surface area (Å²) < 4.78 is 0. The Labute approximate surface area is 105 Å². The Kier molecular flexibility index (Phi) is 4.51. The standard InChI is InChI=1S/C12H25N5/c1-12(2,3)10-14-16(5)11(13)17-8-6-15(4)7-9-17/h10,13H,6-9H2,1-5H3/b13-11?,14-10+. The Morgan fingerprint density at radius 2 is 1.76 bits per heavy atom. The van der Waals surface area contributed by atoms with Crippen molar-refractivity contribution in [3.05, 3.63) is 0 Å². The van der Waals surface area contributed by atoms with Gasteiger partial charge in [0.05, 0.1) is 0 Å². The van der Waals surface area contributed by atoms with Gasteiger partial charge in [-0.25, -0.2) is 5.01 Å². The van der Waals surface area contributed by atoms with Gasteiger partial charge in [0.25, 0.3) is 0 Å². The zero-order chi connectivity index (χ0) is 13.1. The highest BCUT2D eigenvalue weighted by molar-refractivity contribution is 5.78. The van der Waals surface area contributed by atoms with E-state index >= 15 is 0 Å². The van der Waals surface area contributed by atoms with Crippen LogP contribution in [0.4, 0.5) is 0 Å². The second kappa shape index (κ2) is 5.49. The largest absolute Gasteiger partial charge is 0.339 e. The van der Waals surface area contributed by atoms with Crippen LogP contribution in [0.15, 0.2) is 5.10 Å². The predicted octanol–water partition coefficient (Wildman–Crippen LogP) is 1.13. The smallest absolute Gasteiger partial charge is 0.214 e. The Morgan fingerprint density at radius 1 is 1.24 bits per heavy atom. The van der Waals surface area contributed by atoms with E-state index in [1.807, 2.05) is 13.3 Å². The molecule has 5 heteroatoms. The molecule has 1 aliphatic rings. The minimum absolute atomic E-state index is 0.0522. The molecular formula is C12H25N5. The summed E-state index contributed by atoms with van der Waals surface area (Å²) in [5, 5.41) is 14.0. The average molecular weight is 239 g/mol. The fraction of sp³-hybridized carbons (Fsp3) is 0.833. The lowest BCUT2D eigenvalue weighted by atomic mass is 9.99. The molecular weight excluding hydrogens is 214 g/mol. The van der Waals surface area contributed by atoms with Gasteiger partial charge in [-0.3, -0.25) is 5.41 Å². The Bertz CT molecular complexity index is 284. The number of guanidine groups is 1. The van der Waals surface area contributed by atoms with Crippen LogP contribution in [0.25, 0.3) is 0 Å². The highest BCUT2D eigenvalue weighted by atomic mass is 15.5. The molecule has 98 valence electrons. The molecule has 0 atom stereocenters. The quantitative estimate of drug-likeness (QED) is 0.424. The van der Waals surface area contributed by atoms with Gasteiger partial charge in [0, 0.05) is 39.4 Å². The van der Waals surface area contributed by atoms with Gasteiger partial charge in [0.2, 0.25) is 5.96 Å². The van der Waals surface area contributed by atoms with E-state index in [0.29, 0.717) is 5.96 Å². The van der Waals surface area contributed by atoms with E-state index in [9.17, 15) is 0 Å². The van der Waals surface area contributed by atoms with E-state index in [4.69, 9.17) is 5.41 Å². The molecule has 0 saturated carbocycles. The molecule has 5 nitrogen and oxygen atoms in total. The lowest BCUT2D eigenvalue weighted by Gasteiger charge is -2.35. The molecule has 0 aromatic rings. The van der Waals surface area contributed by atoms with Crippen LogP contribution in [0.3, 0.4) is 0 Å². The summed E-state index contributed by atoms with van der Waals surface area (Å²) >= 11 is 0. The van der Waals surface area contributed by atoms with Crippen LogP contribution in [0, 0.1) is 10.8 Å². The van der Waals surface area contributed by atoms with Crippen molar-refractivity contribution in [1.82, 2.24) is 14.8 Å². The van der Waals surface area contributed by atoms with Crippen molar-refractivity contribution in [2.75, 3.05) is 40.3 Å². The molecule has 0 unspecified atom stereocenters. The van der Waals surface area contributed by atoms with E-state index in [-0.39, 0.29) is 5.41 Å². The molecule has 1 N–H and O–H groups in total. The topological polar surface area (TPSA) is 45.9 Å². The van der Waals surface area contributed by atoms with Gasteiger partial charge >= 0.3 is 0 Å². The van der Waals surface area contributed by atoms with Crippen LogP contribution in [0.5, 0.6) is 0 Å². The van der Waals surface area contributed by atoms with Gasteiger partial charge in [0.1, 0.15) is 0 Å². The van der Waals surface area contributed by atoms with Crippen LogP contribution < -0.4 is 0 Å². The van der Waals surface area contributed by atoms with E-state index in [0.717, 1.165) is 26.2 Å². The van der Waals surface area contributed by atoms with Crippen LogP contribution in [0.2, 0.25) is 0 Å². The molecule has 1 aliphatic heterocycles. The van der Waals surface area contributed by atoms with Crippen molar-refractivity contribution < 1.29 is 0 Å². The van der Waals surface area contributed by atoms with Crippen molar-refractivity contribution in [1.29, 1.82) is 5.41 Å². The SMILES string of the molecule is CN1CCN(C(=N)N(C)/N=C/C(C)(C)C)CC1. The molecule has 1 rings (SSSR count). The number of hydrogen-bond donors (Lipinski definition) is 1. The lowest BCUT2D eigenvalue weighted by molar-refractivity contribution is 0.199. The molecule has 0 bridgehead atoms. The third-order valence-corrected chi connectivity index (χ3v) is 2.73. The summed E-state index contributed by atoms with van der Waals surface area (Å²) in [5.74, 6) is 0.485. The molecule has 0 aromatic carbocycles. The number of piperazine rings is 1. The molecule has 1 heterocycles. The maximum atomic E-state index is 8.08. The molecule has 1 saturated heterocycles. The summed E-state index contributed by atoms with van der Waals surface area (Å²) in [6, 6.07) is 0. The number of hydrogen-bond acceptors (Lipinski definition) is 3. The first kappa shape index (κ1) is 14.0. The van der Waals surface area contributed by atoms with Gasteiger partial charge in [-0.2, -0.15) is 5.10 Å². The third-order valence-electron chi connectivity index (χ3n) is 2.73. The van der Waals surface area contributed by atoms with E-state index in [2.05, 4.69) is 42.7 Å². The van der Waals surface area contributed by atoms with E-state index in [1.54, 1.807) is 5.01 Å². The predicted molar refractivity (Wildman–Crippen MR) is 72.5 cm³/mol. The first-order chi connectivity index (χ1) is 7.79. The summed E-state index contributed by atoms with van der Waals surface area (Å²) in [4.78, 5) is 4.35. The second-order valence-electron chi connectivity index (χ2n) is 5.75. The maximum absolute atomic E-state index is 8.08. The summed E-state index contributed by atoms with van der Waals surface area (Å²) in [6.45, 7) is 10.1. The van der Waals surface area contributed by atoms with E-state index < -0.39 is 0 Å². The minimum Gasteiger partial charge on any atom is -0.339 e. The Hall–Kier alpha value is -1.10. The fourth-order valence-corrected chi connectivity index (χ4v) is 1.54. The zero-order valence-electron chi connectivity index (χ0n) is 11.7. The first-order valence-corrected chi connectivity index (χ1v) is 6.10. The molecule has 1 fully saturated rings. The Balaban J connectivity index is 2.49. The summed E-state index contributed by atoms with van der Waals surface area (Å²) in [5.41, 5.74) is 0.0522. The fourth-order valence-electron chi connectivity index (χ4n) is 1.54. The zero-order valence-corrected chi connectivity index (χ0v) is 11.7. The van der Waals surface area contributed by atoms with Gasteiger partial charge in [-0.1, -0.05) is 20.8 Å². The molecule has 0 radical (unpaired) electrons. The molecule has 0 amide bonds. The van der Waals surface area contributed by atoms with Crippen molar-refractivity contribution in [3.63, 3.8) is 0 Å². The minimum atomic E-state index is 0.0522.